The van der Waals surface area contributed by atoms with E-state index in [1.165, 1.54) is 0 Å². The predicted molar refractivity (Wildman–Crippen MR) is 158 cm³/mol. The van der Waals surface area contributed by atoms with Crippen LogP contribution in [0.1, 0.15) is 44.2 Å². The van der Waals surface area contributed by atoms with E-state index in [0.717, 1.165) is 35.4 Å². The summed E-state index contributed by atoms with van der Waals surface area (Å²) >= 11 is 14.4. The highest BCUT2D eigenvalue weighted by Crippen LogP contribution is 2.42. The molecule has 0 aliphatic heterocycles. The highest BCUT2D eigenvalue weighted by atomic mass is 79.9. The summed E-state index contributed by atoms with van der Waals surface area (Å²) < 4.78 is 25.0. The van der Waals surface area contributed by atoms with Crippen LogP contribution in [-0.4, -0.2) is 38.4 Å². The van der Waals surface area contributed by atoms with Crippen LogP contribution in [0.5, 0.6) is 11.5 Å². The van der Waals surface area contributed by atoms with E-state index in [2.05, 4.69) is 83.8 Å². The summed E-state index contributed by atoms with van der Waals surface area (Å²) in [6.45, 7) is 13.1. The van der Waals surface area contributed by atoms with Gasteiger partial charge in [-0.05, 0) is 119 Å². The van der Waals surface area contributed by atoms with Gasteiger partial charge in [0.15, 0.2) is 0 Å². The molecule has 0 N–H and O–H groups in total. The zero-order chi connectivity index (χ0) is 27.7. The SMILES string of the molecule is C=C(C)C(=O)OCCOc1c(Br)cc(C(CC)c2cc(Br)c(OCCOC(=O)C(=C)C)c(Br)c2)cc1Br. The Kier molecular flexibility index (Phi) is 12.9. The molecule has 200 valence electrons. The Morgan fingerprint density at radius 2 is 1.03 bits per heavy atom. The lowest BCUT2D eigenvalue weighted by Gasteiger charge is -2.21. The maximum Gasteiger partial charge on any atom is 0.333 e. The third-order valence-electron chi connectivity index (χ3n) is 5.08. The van der Waals surface area contributed by atoms with Crippen molar-refractivity contribution in [2.45, 2.75) is 33.1 Å². The molecular weight excluding hydrogens is 740 g/mol. The minimum atomic E-state index is -0.442. The Balaban J connectivity index is 2.13. The molecule has 0 aromatic heterocycles. The summed E-state index contributed by atoms with van der Waals surface area (Å²) in [6, 6.07) is 8.10. The highest BCUT2D eigenvalue weighted by molar-refractivity contribution is 9.11. The Labute approximate surface area is 251 Å². The Hall–Kier alpha value is -1.62. The van der Waals surface area contributed by atoms with Crippen LogP contribution in [0, 0.1) is 0 Å². The van der Waals surface area contributed by atoms with Gasteiger partial charge in [0.1, 0.15) is 37.9 Å². The van der Waals surface area contributed by atoms with Gasteiger partial charge in [-0.2, -0.15) is 0 Å². The van der Waals surface area contributed by atoms with Crippen molar-refractivity contribution in [2.75, 3.05) is 26.4 Å². The van der Waals surface area contributed by atoms with Crippen LogP contribution in [0.4, 0.5) is 0 Å². The van der Waals surface area contributed by atoms with E-state index in [1.54, 1.807) is 13.8 Å². The molecule has 0 heterocycles. The van der Waals surface area contributed by atoms with Crippen molar-refractivity contribution in [2.24, 2.45) is 0 Å². The molecule has 0 saturated heterocycles. The summed E-state index contributed by atoms with van der Waals surface area (Å²) in [6.07, 6.45) is 0.853. The van der Waals surface area contributed by atoms with Gasteiger partial charge in [-0.25, -0.2) is 9.59 Å². The molecule has 37 heavy (non-hydrogen) atoms. The molecule has 10 heteroatoms. The molecule has 0 bridgehead atoms. The van der Waals surface area contributed by atoms with Crippen molar-refractivity contribution in [3.05, 3.63) is 77.6 Å². The van der Waals surface area contributed by atoms with Gasteiger partial charge in [-0.15, -0.1) is 0 Å². The molecule has 0 atom stereocenters. The second kappa shape index (κ2) is 15.1. The molecular formula is C27H28Br4O6. The second-order valence-electron chi connectivity index (χ2n) is 8.12. The highest BCUT2D eigenvalue weighted by Gasteiger charge is 2.20. The van der Waals surface area contributed by atoms with E-state index in [-0.39, 0.29) is 32.3 Å². The summed E-state index contributed by atoms with van der Waals surface area (Å²) in [5.74, 6) is 0.467. The molecule has 0 saturated carbocycles. The van der Waals surface area contributed by atoms with Crippen LogP contribution in [0.15, 0.2) is 66.5 Å². The summed E-state index contributed by atoms with van der Waals surface area (Å²) in [4.78, 5) is 23.1. The number of ether oxygens (including phenoxy) is 4. The fourth-order valence-electron chi connectivity index (χ4n) is 3.30. The molecule has 0 amide bonds. The van der Waals surface area contributed by atoms with Gasteiger partial charge in [0.05, 0.1) is 17.9 Å². The molecule has 0 spiro atoms. The van der Waals surface area contributed by atoms with Crippen LogP contribution in [0.3, 0.4) is 0 Å². The van der Waals surface area contributed by atoms with Gasteiger partial charge in [-0.1, -0.05) is 20.1 Å². The molecule has 0 aliphatic rings. The maximum absolute atomic E-state index is 11.5. The van der Waals surface area contributed by atoms with Crippen molar-refractivity contribution in [3.8, 4) is 11.5 Å². The van der Waals surface area contributed by atoms with Crippen LogP contribution < -0.4 is 9.47 Å². The molecule has 2 aromatic carbocycles. The van der Waals surface area contributed by atoms with Gasteiger partial charge in [-0.3, -0.25) is 0 Å². The lowest BCUT2D eigenvalue weighted by Crippen LogP contribution is -2.13. The standard InChI is InChI=1S/C27H28Br4O6/c1-6-19(17-11-20(28)24(21(29)12-17)34-7-9-36-26(32)15(2)3)18-13-22(30)25(23(31)14-18)35-8-10-37-27(33)16(4)5/h11-14,19H,2,4,6-10H2,1,3,5H3. The Morgan fingerprint density at radius 3 is 1.30 bits per heavy atom. The van der Waals surface area contributed by atoms with Gasteiger partial charge >= 0.3 is 11.9 Å². The topological polar surface area (TPSA) is 71.1 Å². The van der Waals surface area contributed by atoms with Gasteiger partial charge in [0.2, 0.25) is 0 Å². The molecule has 6 nitrogen and oxygen atoms in total. The maximum atomic E-state index is 11.5. The number of hydrogen-bond acceptors (Lipinski definition) is 6. The first-order chi connectivity index (χ1) is 17.5. The van der Waals surface area contributed by atoms with Crippen molar-refractivity contribution >= 4 is 75.7 Å². The third-order valence-corrected chi connectivity index (χ3v) is 7.43. The molecule has 0 radical (unpaired) electrons. The quantitative estimate of drug-likeness (QED) is 0.116. The first kappa shape index (κ1) is 31.6. The molecule has 0 fully saturated rings. The van der Waals surface area contributed by atoms with E-state index < -0.39 is 11.9 Å². The molecule has 0 unspecified atom stereocenters. The Bertz CT molecular complexity index is 1040. The van der Waals surface area contributed by atoms with Gasteiger partial charge in [0, 0.05) is 17.1 Å². The van der Waals surface area contributed by atoms with E-state index in [1.807, 2.05) is 24.3 Å². The van der Waals surface area contributed by atoms with E-state index in [4.69, 9.17) is 18.9 Å². The van der Waals surface area contributed by atoms with E-state index in [9.17, 15) is 9.59 Å². The molecule has 2 rings (SSSR count). The summed E-state index contributed by atoms with van der Waals surface area (Å²) in [5, 5.41) is 0. The largest absolute Gasteiger partial charge is 0.488 e. The molecule has 2 aromatic rings. The number of carbonyl (C=O) groups excluding carboxylic acids is 2. The monoisotopic (exact) mass is 764 g/mol. The number of hydrogen-bond donors (Lipinski definition) is 0. The van der Waals surface area contributed by atoms with Crippen molar-refractivity contribution in [1.82, 2.24) is 0 Å². The van der Waals surface area contributed by atoms with E-state index >= 15 is 0 Å². The zero-order valence-corrected chi connectivity index (χ0v) is 27.1. The number of benzene rings is 2. The number of halogens is 4. The van der Waals surface area contributed by atoms with Crippen LogP contribution in [-0.2, 0) is 19.1 Å². The number of esters is 2. The second-order valence-corrected chi connectivity index (χ2v) is 11.5. The first-order valence-corrected chi connectivity index (χ1v) is 14.5. The van der Waals surface area contributed by atoms with Crippen LogP contribution >= 0.6 is 63.7 Å². The fraction of sp³-hybridized carbons (Fsp3) is 0.333. The zero-order valence-electron chi connectivity index (χ0n) is 20.8. The average molecular weight is 768 g/mol. The smallest absolute Gasteiger partial charge is 0.333 e. The van der Waals surface area contributed by atoms with Crippen molar-refractivity contribution in [1.29, 1.82) is 0 Å². The normalized spacial score (nSPS) is 10.7. The lowest BCUT2D eigenvalue weighted by molar-refractivity contribution is -0.140. The van der Waals surface area contributed by atoms with Crippen molar-refractivity contribution < 1.29 is 28.5 Å². The summed E-state index contributed by atoms with van der Waals surface area (Å²) in [7, 11) is 0. The lowest BCUT2D eigenvalue weighted by atomic mass is 9.89. The van der Waals surface area contributed by atoms with Gasteiger partial charge in [0.25, 0.3) is 0 Å². The average Bonchev–Trinajstić information content (AvgIpc) is 2.82. The van der Waals surface area contributed by atoms with E-state index in [0.29, 0.717) is 22.6 Å². The van der Waals surface area contributed by atoms with Gasteiger partial charge < -0.3 is 18.9 Å². The third kappa shape index (κ3) is 9.26. The Morgan fingerprint density at radius 1 is 0.703 bits per heavy atom. The fourth-order valence-corrected chi connectivity index (χ4v) is 6.21. The molecule has 0 aliphatic carbocycles. The van der Waals surface area contributed by atoms with Crippen LogP contribution in [0.2, 0.25) is 0 Å². The predicted octanol–water partition coefficient (Wildman–Crippen LogP) is 8.27. The number of rotatable bonds is 13. The summed E-state index contributed by atoms with van der Waals surface area (Å²) in [5.41, 5.74) is 2.86. The number of carbonyl (C=O) groups is 2. The van der Waals surface area contributed by atoms with Crippen molar-refractivity contribution in [3.63, 3.8) is 0 Å². The minimum Gasteiger partial charge on any atom is -0.488 e. The minimum absolute atomic E-state index is 0.0938. The van der Waals surface area contributed by atoms with Crippen LogP contribution in [0.25, 0.3) is 0 Å². The first-order valence-electron chi connectivity index (χ1n) is 11.3.